The molecule has 1 aromatic heterocycles. The lowest BCUT2D eigenvalue weighted by molar-refractivity contribution is 0.0706. The molecule has 1 aromatic carbocycles. The van der Waals surface area contributed by atoms with Crippen LogP contribution in [0.1, 0.15) is 39.7 Å². The predicted octanol–water partition coefficient (Wildman–Crippen LogP) is 4.29. The van der Waals surface area contributed by atoms with Crippen molar-refractivity contribution in [3.8, 4) is 11.5 Å². The van der Waals surface area contributed by atoms with Crippen LogP contribution >= 0.6 is 12.2 Å². The van der Waals surface area contributed by atoms with Gasteiger partial charge in [0, 0.05) is 13.1 Å². The Morgan fingerprint density at radius 1 is 1.15 bits per heavy atom. The molecule has 0 bridgehead atoms. The van der Waals surface area contributed by atoms with Crippen molar-refractivity contribution in [2.24, 2.45) is 11.8 Å². The third-order valence-corrected chi connectivity index (χ3v) is 4.28. The van der Waals surface area contributed by atoms with Crippen molar-refractivity contribution in [1.29, 1.82) is 0 Å². The molecule has 7 heteroatoms. The molecule has 0 aliphatic carbocycles. The molecule has 1 aliphatic heterocycles. The quantitative estimate of drug-likeness (QED) is 0.671. The summed E-state index contributed by atoms with van der Waals surface area (Å²) in [5, 5.41) is 4.56. The number of rotatable bonds is 7. The van der Waals surface area contributed by atoms with Crippen molar-refractivity contribution < 1.29 is 13.9 Å². The highest BCUT2D eigenvalue weighted by Crippen LogP contribution is 2.35. The second kappa shape index (κ2) is 8.22. The topological polar surface area (TPSA) is 52.7 Å². The average molecular weight is 378 g/mol. The first-order valence-electron chi connectivity index (χ1n) is 9.11. The summed E-state index contributed by atoms with van der Waals surface area (Å²) in [4.78, 5) is 2.71. The molecule has 0 saturated carbocycles. The Morgan fingerprint density at radius 3 is 2.46 bits per heavy atom. The van der Waals surface area contributed by atoms with Crippen LogP contribution in [0, 0.1) is 16.7 Å². The number of hydrogen-bond acceptors (Lipinski definition) is 6. The lowest BCUT2D eigenvalue weighted by Crippen LogP contribution is -2.33. The largest absolute Gasteiger partial charge is 0.485 e. The number of fused-ring (bicyclic) bond motifs is 1. The molecule has 3 rings (SSSR count). The first-order chi connectivity index (χ1) is 12.4. The maximum atomic E-state index is 5.97. The monoisotopic (exact) mass is 377 g/mol. The molecule has 0 fully saturated rings. The first-order valence-corrected chi connectivity index (χ1v) is 9.52. The molecule has 6 nitrogen and oxygen atoms in total. The van der Waals surface area contributed by atoms with E-state index in [1.165, 1.54) is 0 Å². The molecule has 1 aliphatic rings. The van der Waals surface area contributed by atoms with Gasteiger partial charge in [0.1, 0.15) is 6.61 Å². The van der Waals surface area contributed by atoms with Crippen LogP contribution in [-0.2, 0) is 6.67 Å². The van der Waals surface area contributed by atoms with Gasteiger partial charge in [0.05, 0.1) is 6.67 Å². The van der Waals surface area contributed by atoms with Gasteiger partial charge in [0.2, 0.25) is 6.10 Å². The molecule has 0 saturated heterocycles. The van der Waals surface area contributed by atoms with Gasteiger partial charge in [-0.2, -0.15) is 0 Å². The zero-order valence-corrected chi connectivity index (χ0v) is 16.7. The Hall–Kier alpha value is -1.86. The summed E-state index contributed by atoms with van der Waals surface area (Å²) >= 11 is 5.38. The van der Waals surface area contributed by atoms with Crippen molar-refractivity contribution in [3.63, 3.8) is 0 Å². The second-order valence-corrected chi connectivity index (χ2v) is 7.88. The van der Waals surface area contributed by atoms with Crippen molar-refractivity contribution in [1.82, 2.24) is 14.7 Å². The molecule has 0 amide bonds. The van der Waals surface area contributed by atoms with Crippen LogP contribution in [0.3, 0.4) is 0 Å². The number of para-hydroxylation sites is 2. The van der Waals surface area contributed by atoms with E-state index in [-0.39, 0.29) is 0 Å². The number of nitrogens with zero attached hydrogens (tertiary/aromatic N) is 3. The van der Waals surface area contributed by atoms with E-state index in [0.29, 0.717) is 41.6 Å². The number of ether oxygens (including phenoxy) is 2. The molecule has 26 heavy (non-hydrogen) atoms. The summed E-state index contributed by atoms with van der Waals surface area (Å²) in [5.41, 5.74) is 0. The zero-order valence-electron chi connectivity index (χ0n) is 15.8. The smallest absolute Gasteiger partial charge is 0.288 e. The van der Waals surface area contributed by atoms with Gasteiger partial charge in [0.15, 0.2) is 11.5 Å². The van der Waals surface area contributed by atoms with Crippen LogP contribution < -0.4 is 9.47 Å². The molecular formula is C19H27N3O3S. The summed E-state index contributed by atoms with van der Waals surface area (Å²) in [6.45, 7) is 11.8. The highest BCUT2D eigenvalue weighted by atomic mass is 32.1. The summed E-state index contributed by atoms with van der Waals surface area (Å²) < 4.78 is 19.2. The molecule has 2 heterocycles. The lowest BCUT2D eigenvalue weighted by atomic mass is 10.1. The van der Waals surface area contributed by atoms with Crippen LogP contribution in [0.4, 0.5) is 0 Å². The molecule has 0 spiro atoms. The van der Waals surface area contributed by atoms with E-state index in [0.717, 1.165) is 18.8 Å². The maximum absolute atomic E-state index is 5.97. The van der Waals surface area contributed by atoms with Crippen LogP contribution in [0.15, 0.2) is 28.7 Å². The van der Waals surface area contributed by atoms with Crippen LogP contribution in [-0.4, -0.2) is 34.4 Å². The highest BCUT2D eigenvalue weighted by molar-refractivity contribution is 7.71. The third-order valence-electron chi connectivity index (χ3n) is 3.99. The summed E-state index contributed by atoms with van der Waals surface area (Å²) in [6, 6.07) is 7.59. The van der Waals surface area contributed by atoms with Gasteiger partial charge in [-0.15, -0.1) is 5.10 Å². The standard InChI is InChI=1S/C19H27N3O3S/c1-13(2)9-21(10-14(3)4)12-22-19(26)25-18(20-22)17-11-23-15-7-5-6-8-16(15)24-17/h5-8,13-14,17H,9-12H2,1-4H3/t17-/m1/s1. The fraction of sp³-hybridized carbons (Fsp3) is 0.579. The Labute approximate surface area is 159 Å². The van der Waals surface area contributed by atoms with Crippen molar-refractivity contribution >= 4 is 12.2 Å². The number of aromatic nitrogens is 2. The van der Waals surface area contributed by atoms with Gasteiger partial charge in [0.25, 0.3) is 10.7 Å². The van der Waals surface area contributed by atoms with Crippen molar-refractivity contribution in [2.45, 2.75) is 40.5 Å². The summed E-state index contributed by atoms with van der Waals surface area (Å²) in [5.74, 6) is 3.03. The lowest BCUT2D eigenvalue weighted by Gasteiger charge is -2.25. The van der Waals surface area contributed by atoms with E-state index < -0.39 is 6.10 Å². The minimum absolute atomic E-state index is 0.355. The first kappa shape index (κ1) is 18.9. The Bertz CT molecular complexity index is 774. The van der Waals surface area contributed by atoms with Crippen LogP contribution in [0.25, 0.3) is 0 Å². The number of benzene rings is 1. The van der Waals surface area contributed by atoms with Gasteiger partial charge < -0.3 is 13.9 Å². The van der Waals surface area contributed by atoms with E-state index in [9.17, 15) is 0 Å². The second-order valence-electron chi connectivity index (χ2n) is 7.54. The minimum Gasteiger partial charge on any atom is -0.485 e. The van der Waals surface area contributed by atoms with Crippen LogP contribution in [0.5, 0.6) is 11.5 Å². The molecule has 0 unspecified atom stereocenters. The molecular weight excluding hydrogens is 350 g/mol. The third kappa shape index (κ3) is 4.65. The maximum Gasteiger partial charge on any atom is 0.288 e. The van der Waals surface area contributed by atoms with Crippen molar-refractivity contribution in [2.75, 3.05) is 19.7 Å². The fourth-order valence-electron chi connectivity index (χ4n) is 3.10. The van der Waals surface area contributed by atoms with Crippen LogP contribution in [0.2, 0.25) is 0 Å². The molecule has 0 N–H and O–H groups in total. The van der Waals surface area contributed by atoms with Gasteiger partial charge >= 0.3 is 0 Å². The summed E-state index contributed by atoms with van der Waals surface area (Å²) in [6.07, 6.45) is -0.392. The van der Waals surface area contributed by atoms with Gasteiger partial charge in [-0.25, -0.2) is 4.68 Å². The molecule has 0 radical (unpaired) electrons. The number of hydrogen-bond donors (Lipinski definition) is 0. The van der Waals surface area contributed by atoms with E-state index >= 15 is 0 Å². The van der Waals surface area contributed by atoms with E-state index in [4.69, 9.17) is 26.1 Å². The van der Waals surface area contributed by atoms with E-state index in [1.807, 2.05) is 24.3 Å². The molecule has 1 atom stereocenters. The summed E-state index contributed by atoms with van der Waals surface area (Å²) in [7, 11) is 0. The molecule has 142 valence electrons. The van der Waals surface area contributed by atoms with E-state index in [1.54, 1.807) is 4.68 Å². The van der Waals surface area contributed by atoms with Gasteiger partial charge in [-0.1, -0.05) is 39.8 Å². The highest BCUT2D eigenvalue weighted by Gasteiger charge is 2.27. The Morgan fingerprint density at radius 2 is 1.81 bits per heavy atom. The predicted molar refractivity (Wildman–Crippen MR) is 102 cm³/mol. The SMILES string of the molecule is CC(C)CN(CC(C)C)Cn1nc([C@H]2COc3ccccc3O2)oc1=S. The average Bonchev–Trinajstić information content (AvgIpc) is 2.94. The van der Waals surface area contributed by atoms with E-state index in [2.05, 4.69) is 37.7 Å². The minimum atomic E-state index is -0.392. The Balaban J connectivity index is 1.73. The van der Waals surface area contributed by atoms with Gasteiger partial charge in [-0.05, 0) is 36.2 Å². The zero-order chi connectivity index (χ0) is 18.7. The molecule has 2 aromatic rings. The fourth-order valence-corrected chi connectivity index (χ4v) is 3.28. The normalized spacial score (nSPS) is 16.7. The Kier molecular flexibility index (Phi) is 5.98. The van der Waals surface area contributed by atoms with Crippen molar-refractivity contribution in [3.05, 3.63) is 35.0 Å². The van der Waals surface area contributed by atoms with Gasteiger partial charge in [-0.3, -0.25) is 4.90 Å².